The molecule has 0 aliphatic heterocycles. The van der Waals surface area contributed by atoms with Crippen LogP contribution >= 0.6 is 0 Å². The first kappa shape index (κ1) is 14.6. The van der Waals surface area contributed by atoms with Crippen molar-refractivity contribution in [1.29, 1.82) is 0 Å². The van der Waals surface area contributed by atoms with Crippen LogP contribution in [0, 0.1) is 11.6 Å². The summed E-state index contributed by atoms with van der Waals surface area (Å²) in [7, 11) is 0. The van der Waals surface area contributed by atoms with Gasteiger partial charge in [-0.3, -0.25) is 4.68 Å². The van der Waals surface area contributed by atoms with E-state index in [4.69, 9.17) is 0 Å². The average molecular weight is 281 g/mol. The topological polar surface area (TPSA) is 50.1 Å². The Morgan fingerprint density at radius 1 is 1.35 bits per heavy atom. The summed E-state index contributed by atoms with van der Waals surface area (Å²) in [4.78, 5) is 0. The molecule has 0 radical (unpaired) electrons. The largest absolute Gasteiger partial charge is 0.387 e. The second kappa shape index (κ2) is 6.58. The number of aromatic nitrogens is 2. The molecule has 4 nitrogen and oxygen atoms in total. The molecule has 0 spiro atoms. The van der Waals surface area contributed by atoms with Gasteiger partial charge in [0.25, 0.3) is 0 Å². The van der Waals surface area contributed by atoms with Gasteiger partial charge in [0.15, 0.2) is 11.6 Å². The molecule has 0 amide bonds. The van der Waals surface area contributed by atoms with E-state index >= 15 is 0 Å². The molecule has 1 heterocycles. The van der Waals surface area contributed by atoms with Crippen LogP contribution in [0.1, 0.15) is 18.6 Å². The Hall–Kier alpha value is -1.79. The number of hydrogen-bond acceptors (Lipinski definition) is 3. The molecule has 6 heteroatoms. The van der Waals surface area contributed by atoms with E-state index in [-0.39, 0.29) is 12.6 Å². The number of nitrogens with zero attached hydrogens (tertiary/aromatic N) is 2. The first-order valence-corrected chi connectivity index (χ1v) is 6.40. The normalized spacial score (nSPS) is 14.2. The summed E-state index contributed by atoms with van der Waals surface area (Å²) in [6, 6.07) is 5.34. The van der Waals surface area contributed by atoms with Crippen LogP contribution in [-0.4, -0.2) is 27.5 Å². The average Bonchev–Trinajstić information content (AvgIpc) is 2.92. The summed E-state index contributed by atoms with van der Waals surface area (Å²) in [5, 5.41) is 17.1. The second-order valence-corrected chi connectivity index (χ2v) is 4.73. The van der Waals surface area contributed by atoms with Crippen LogP contribution in [0.2, 0.25) is 0 Å². The van der Waals surface area contributed by atoms with Gasteiger partial charge in [-0.15, -0.1) is 0 Å². The van der Waals surface area contributed by atoms with Crippen molar-refractivity contribution in [3.05, 3.63) is 53.9 Å². The molecule has 108 valence electrons. The van der Waals surface area contributed by atoms with Crippen LogP contribution in [0.4, 0.5) is 8.78 Å². The highest BCUT2D eigenvalue weighted by Gasteiger charge is 2.12. The van der Waals surface area contributed by atoms with Gasteiger partial charge >= 0.3 is 0 Å². The fourth-order valence-corrected chi connectivity index (χ4v) is 1.90. The number of nitrogens with one attached hydrogen (secondary N) is 1. The summed E-state index contributed by atoms with van der Waals surface area (Å²) >= 11 is 0. The Kier molecular flexibility index (Phi) is 4.81. The van der Waals surface area contributed by atoms with Crippen molar-refractivity contribution < 1.29 is 13.9 Å². The first-order chi connectivity index (χ1) is 9.56. The minimum Gasteiger partial charge on any atom is -0.387 e. The zero-order valence-electron chi connectivity index (χ0n) is 11.1. The molecular weight excluding hydrogens is 264 g/mol. The molecule has 0 aliphatic carbocycles. The number of aliphatic hydroxyl groups excluding tert-OH is 1. The van der Waals surface area contributed by atoms with Gasteiger partial charge in [-0.2, -0.15) is 5.10 Å². The monoisotopic (exact) mass is 281 g/mol. The van der Waals surface area contributed by atoms with Crippen molar-refractivity contribution in [2.24, 2.45) is 0 Å². The van der Waals surface area contributed by atoms with Gasteiger partial charge in [0.05, 0.1) is 12.6 Å². The molecule has 0 bridgehead atoms. The van der Waals surface area contributed by atoms with Gasteiger partial charge in [0, 0.05) is 25.0 Å². The van der Waals surface area contributed by atoms with Gasteiger partial charge in [0.2, 0.25) is 0 Å². The Balaban J connectivity index is 1.85. The lowest BCUT2D eigenvalue weighted by atomic mass is 10.1. The molecule has 1 aromatic carbocycles. The number of benzene rings is 1. The molecule has 0 aliphatic rings. The van der Waals surface area contributed by atoms with Crippen molar-refractivity contribution in [3.8, 4) is 0 Å². The van der Waals surface area contributed by atoms with Crippen LogP contribution in [0.3, 0.4) is 0 Å². The summed E-state index contributed by atoms with van der Waals surface area (Å²) in [6.45, 7) is 2.88. The van der Waals surface area contributed by atoms with Crippen LogP contribution in [-0.2, 0) is 6.54 Å². The van der Waals surface area contributed by atoms with E-state index in [0.29, 0.717) is 12.1 Å². The molecule has 0 saturated carbocycles. The fraction of sp³-hybridized carbons (Fsp3) is 0.357. The van der Waals surface area contributed by atoms with Crippen LogP contribution < -0.4 is 5.32 Å². The maximum atomic E-state index is 13.1. The molecule has 1 aromatic heterocycles. The standard InChI is InChI=1S/C14H17F2N3O/c1-10(9-19-6-2-5-18-19)17-8-14(20)11-3-4-12(15)13(16)7-11/h2-7,10,14,17,20H,8-9H2,1H3/t10-,14-/m0/s1. The summed E-state index contributed by atoms with van der Waals surface area (Å²) in [5.41, 5.74) is 0.350. The third kappa shape index (κ3) is 3.85. The molecule has 0 unspecified atom stereocenters. The molecule has 0 fully saturated rings. The third-order valence-electron chi connectivity index (χ3n) is 3.01. The van der Waals surface area contributed by atoms with Crippen molar-refractivity contribution in [1.82, 2.24) is 15.1 Å². The van der Waals surface area contributed by atoms with Crippen LogP contribution in [0.25, 0.3) is 0 Å². The highest BCUT2D eigenvalue weighted by Crippen LogP contribution is 2.15. The van der Waals surface area contributed by atoms with Crippen molar-refractivity contribution in [2.75, 3.05) is 6.54 Å². The smallest absolute Gasteiger partial charge is 0.159 e. The van der Waals surface area contributed by atoms with E-state index in [1.54, 1.807) is 10.9 Å². The maximum absolute atomic E-state index is 13.1. The van der Waals surface area contributed by atoms with Crippen molar-refractivity contribution >= 4 is 0 Å². The van der Waals surface area contributed by atoms with E-state index < -0.39 is 17.7 Å². The van der Waals surface area contributed by atoms with E-state index in [1.165, 1.54) is 6.07 Å². The summed E-state index contributed by atoms with van der Waals surface area (Å²) in [5.74, 6) is -1.87. The van der Waals surface area contributed by atoms with Gasteiger partial charge in [-0.1, -0.05) is 6.07 Å². The lowest BCUT2D eigenvalue weighted by Gasteiger charge is -2.17. The first-order valence-electron chi connectivity index (χ1n) is 6.40. The Morgan fingerprint density at radius 3 is 2.80 bits per heavy atom. The van der Waals surface area contributed by atoms with Crippen LogP contribution in [0.5, 0.6) is 0 Å². The number of rotatable bonds is 6. The molecule has 20 heavy (non-hydrogen) atoms. The van der Waals surface area contributed by atoms with Gasteiger partial charge in [-0.25, -0.2) is 8.78 Å². The van der Waals surface area contributed by atoms with Gasteiger partial charge < -0.3 is 10.4 Å². The lowest BCUT2D eigenvalue weighted by molar-refractivity contribution is 0.168. The van der Waals surface area contributed by atoms with Gasteiger partial charge in [0.1, 0.15) is 0 Å². The second-order valence-electron chi connectivity index (χ2n) is 4.73. The lowest BCUT2D eigenvalue weighted by Crippen LogP contribution is -2.33. The quantitative estimate of drug-likeness (QED) is 0.850. The highest BCUT2D eigenvalue weighted by atomic mass is 19.2. The van der Waals surface area contributed by atoms with E-state index in [1.807, 2.05) is 19.2 Å². The Morgan fingerprint density at radius 2 is 2.15 bits per heavy atom. The predicted octanol–water partition coefficient (Wildman–Crippen LogP) is 1.87. The predicted molar refractivity (Wildman–Crippen MR) is 71.0 cm³/mol. The molecule has 2 rings (SSSR count). The van der Waals surface area contributed by atoms with Crippen molar-refractivity contribution in [3.63, 3.8) is 0 Å². The Labute approximate surface area is 116 Å². The van der Waals surface area contributed by atoms with Crippen LogP contribution in [0.15, 0.2) is 36.7 Å². The highest BCUT2D eigenvalue weighted by molar-refractivity contribution is 5.20. The number of aliphatic hydroxyl groups is 1. The third-order valence-corrected chi connectivity index (χ3v) is 3.01. The fourth-order valence-electron chi connectivity index (χ4n) is 1.90. The Bertz CT molecular complexity index is 545. The molecule has 2 aromatic rings. The molecule has 0 saturated heterocycles. The minimum atomic E-state index is -0.953. The number of halogens is 2. The minimum absolute atomic E-state index is 0.0924. The summed E-state index contributed by atoms with van der Waals surface area (Å²) < 4.78 is 27.7. The summed E-state index contributed by atoms with van der Waals surface area (Å²) in [6.07, 6.45) is 2.66. The van der Waals surface area contributed by atoms with E-state index in [2.05, 4.69) is 10.4 Å². The SMILES string of the molecule is C[C@@H](Cn1cccn1)NC[C@H](O)c1ccc(F)c(F)c1. The molecule has 2 atom stereocenters. The molecule has 2 N–H and O–H groups in total. The van der Waals surface area contributed by atoms with E-state index in [9.17, 15) is 13.9 Å². The van der Waals surface area contributed by atoms with Crippen molar-refractivity contribution in [2.45, 2.75) is 25.6 Å². The number of hydrogen-bond donors (Lipinski definition) is 2. The zero-order valence-corrected chi connectivity index (χ0v) is 11.1. The molecular formula is C14H17F2N3O. The maximum Gasteiger partial charge on any atom is 0.159 e. The van der Waals surface area contributed by atoms with E-state index in [0.717, 1.165) is 12.1 Å². The van der Waals surface area contributed by atoms with Gasteiger partial charge in [-0.05, 0) is 30.7 Å². The zero-order chi connectivity index (χ0) is 14.5.